The van der Waals surface area contributed by atoms with Gasteiger partial charge in [-0.25, -0.2) is 0 Å². The molecule has 1 aliphatic carbocycles. The second-order valence-electron chi connectivity index (χ2n) is 8.14. The summed E-state index contributed by atoms with van der Waals surface area (Å²) in [6.45, 7) is 3.55. The first-order valence-electron chi connectivity index (χ1n) is 11.0. The van der Waals surface area contributed by atoms with Gasteiger partial charge in [0.2, 0.25) is 0 Å². The van der Waals surface area contributed by atoms with Crippen molar-refractivity contribution in [1.82, 2.24) is 0 Å². The Hall–Kier alpha value is -3.07. The fourth-order valence-electron chi connectivity index (χ4n) is 4.25. The Balaban J connectivity index is 1.37. The fourth-order valence-corrected chi connectivity index (χ4v) is 4.25. The highest BCUT2D eigenvalue weighted by atomic mass is 16.7. The molecule has 0 bridgehead atoms. The molecule has 1 saturated heterocycles. The quantitative estimate of drug-likeness (QED) is 0.613. The average Bonchev–Trinajstić information content (AvgIpc) is 3.26. The Labute approximate surface area is 189 Å². The maximum Gasteiger partial charge on any atom is 0.304 e. The zero-order valence-corrected chi connectivity index (χ0v) is 18.3. The smallest absolute Gasteiger partial charge is 0.304 e. The van der Waals surface area contributed by atoms with Gasteiger partial charge in [-0.2, -0.15) is 0 Å². The summed E-state index contributed by atoms with van der Waals surface area (Å²) in [7, 11) is 0. The molecule has 1 N–H and O–H groups in total. The summed E-state index contributed by atoms with van der Waals surface area (Å²) < 4.78 is 17.6. The molecule has 5 heteroatoms. The molecule has 0 amide bonds. The minimum atomic E-state index is -0.857. The van der Waals surface area contributed by atoms with Crippen molar-refractivity contribution in [3.8, 4) is 17.6 Å². The molecule has 1 heterocycles. The summed E-state index contributed by atoms with van der Waals surface area (Å²) in [4.78, 5) is 11.1. The van der Waals surface area contributed by atoms with Crippen LogP contribution in [0.25, 0.3) is 5.57 Å². The van der Waals surface area contributed by atoms with Crippen LogP contribution in [0.1, 0.15) is 55.2 Å². The van der Waals surface area contributed by atoms with Gasteiger partial charge in [0.05, 0.1) is 25.6 Å². The first kappa shape index (κ1) is 22.1. The predicted octanol–water partition coefficient (Wildman–Crippen LogP) is 5.16. The first-order chi connectivity index (χ1) is 15.6. The molecule has 0 aromatic heterocycles. The van der Waals surface area contributed by atoms with Crippen molar-refractivity contribution >= 4 is 11.5 Å². The van der Waals surface area contributed by atoms with E-state index >= 15 is 0 Å². The lowest BCUT2D eigenvalue weighted by molar-refractivity contribution is -0.159. The zero-order chi connectivity index (χ0) is 22.4. The lowest BCUT2D eigenvalue weighted by Crippen LogP contribution is -2.31. The number of carboxylic acid groups (broad SMARTS) is 1. The minimum absolute atomic E-state index is 0.0109. The van der Waals surface area contributed by atoms with E-state index in [2.05, 4.69) is 42.2 Å². The van der Waals surface area contributed by atoms with E-state index in [1.54, 1.807) is 6.92 Å². The molecule has 1 atom stereocenters. The summed E-state index contributed by atoms with van der Waals surface area (Å²) in [5, 5.41) is 9.10. The van der Waals surface area contributed by atoms with Crippen LogP contribution in [0.2, 0.25) is 0 Å². The Morgan fingerprint density at radius 3 is 2.62 bits per heavy atom. The van der Waals surface area contributed by atoms with Crippen LogP contribution >= 0.6 is 0 Å². The van der Waals surface area contributed by atoms with Gasteiger partial charge in [-0.1, -0.05) is 42.3 Å². The molecule has 1 spiro atoms. The maximum absolute atomic E-state index is 11.1. The van der Waals surface area contributed by atoms with Crippen molar-refractivity contribution in [2.75, 3.05) is 13.2 Å². The van der Waals surface area contributed by atoms with Crippen LogP contribution in [0, 0.1) is 11.8 Å². The third-order valence-corrected chi connectivity index (χ3v) is 5.93. The second kappa shape index (κ2) is 10.0. The highest BCUT2D eigenvalue weighted by molar-refractivity contribution is 5.69. The normalized spacial score (nSPS) is 17.8. The number of aliphatic carboxylic acids is 1. The molecule has 0 radical (unpaired) electrons. The molecular weight excluding hydrogens is 404 g/mol. The third kappa shape index (κ3) is 5.40. The van der Waals surface area contributed by atoms with E-state index in [9.17, 15) is 4.79 Å². The van der Waals surface area contributed by atoms with E-state index in [-0.39, 0.29) is 12.3 Å². The lowest BCUT2D eigenvalue weighted by atomic mass is 9.89. The van der Waals surface area contributed by atoms with E-state index < -0.39 is 11.8 Å². The van der Waals surface area contributed by atoms with Crippen molar-refractivity contribution in [3.63, 3.8) is 0 Å². The molecule has 32 heavy (non-hydrogen) atoms. The van der Waals surface area contributed by atoms with Gasteiger partial charge in [0.1, 0.15) is 12.4 Å². The summed E-state index contributed by atoms with van der Waals surface area (Å²) in [6.07, 6.45) is 4.84. The average molecular weight is 433 g/mol. The van der Waals surface area contributed by atoms with Crippen molar-refractivity contribution in [2.45, 2.75) is 50.9 Å². The number of carboxylic acids is 1. The Kier molecular flexibility index (Phi) is 6.94. The van der Waals surface area contributed by atoms with E-state index in [0.29, 0.717) is 19.8 Å². The SMILES string of the molecule is CC#CC(CC(=O)O)c1ccc(OCc2cccc(C3=CCC4(CC3)OCCO4)c2)cc1. The summed E-state index contributed by atoms with van der Waals surface area (Å²) in [5.74, 6) is 4.96. The van der Waals surface area contributed by atoms with Crippen LogP contribution in [-0.4, -0.2) is 30.1 Å². The van der Waals surface area contributed by atoms with Gasteiger partial charge >= 0.3 is 5.97 Å². The van der Waals surface area contributed by atoms with Crippen molar-refractivity contribution in [1.29, 1.82) is 0 Å². The molecule has 2 aromatic rings. The lowest BCUT2D eigenvalue weighted by Gasteiger charge is -2.30. The number of allylic oxidation sites excluding steroid dienone is 1. The number of benzene rings is 2. The molecule has 2 aliphatic rings. The Morgan fingerprint density at radius 2 is 1.97 bits per heavy atom. The minimum Gasteiger partial charge on any atom is -0.489 e. The summed E-state index contributed by atoms with van der Waals surface area (Å²) in [5.41, 5.74) is 4.52. The largest absolute Gasteiger partial charge is 0.489 e. The van der Waals surface area contributed by atoms with Gasteiger partial charge in [0.25, 0.3) is 0 Å². The molecule has 4 rings (SSSR count). The van der Waals surface area contributed by atoms with Gasteiger partial charge in [-0.15, -0.1) is 5.92 Å². The van der Waals surface area contributed by atoms with Gasteiger partial charge in [-0.3, -0.25) is 4.79 Å². The Bertz CT molecular complexity index is 1040. The fraction of sp³-hybridized carbons (Fsp3) is 0.370. The second-order valence-corrected chi connectivity index (χ2v) is 8.14. The molecule has 0 saturated carbocycles. The zero-order valence-electron chi connectivity index (χ0n) is 18.3. The van der Waals surface area contributed by atoms with Gasteiger partial charge in [0.15, 0.2) is 5.79 Å². The standard InChI is InChI=1S/C27H28O5/c1-2-4-23(18-26(28)29)21-7-9-25(10-8-21)30-19-20-5-3-6-24(17-20)22-11-13-27(14-12-22)31-15-16-32-27/h3,5-11,17,23H,12-16,18-19H2,1H3,(H,28,29). The van der Waals surface area contributed by atoms with Crippen LogP contribution < -0.4 is 4.74 Å². The van der Waals surface area contributed by atoms with E-state index in [1.807, 2.05) is 24.3 Å². The summed E-state index contributed by atoms with van der Waals surface area (Å²) >= 11 is 0. The molecule has 166 valence electrons. The first-order valence-corrected chi connectivity index (χ1v) is 11.0. The molecule has 1 fully saturated rings. The maximum atomic E-state index is 11.1. The van der Waals surface area contributed by atoms with E-state index in [0.717, 1.165) is 36.1 Å². The van der Waals surface area contributed by atoms with Crippen molar-refractivity contribution < 1.29 is 24.1 Å². The van der Waals surface area contributed by atoms with Crippen LogP contribution in [0.15, 0.2) is 54.6 Å². The van der Waals surface area contributed by atoms with Crippen LogP contribution in [0.4, 0.5) is 0 Å². The van der Waals surface area contributed by atoms with Crippen molar-refractivity contribution in [2.24, 2.45) is 0 Å². The van der Waals surface area contributed by atoms with E-state index in [1.165, 1.54) is 11.1 Å². The third-order valence-electron chi connectivity index (χ3n) is 5.93. The molecule has 2 aromatic carbocycles. The summed E-state index contributed by atoms with van der Waals surface area (Å²) in [6, 6.07) is 16.0. The topological polar surface area (TPSA) is 65.0 Å². The predicted molar refractivity (Wildman–Crippen MR) is 122 cm³/mol. The van der Waals surface area contributed by atoms with Gasteiger partial charge < -0.3 is 19.3 Å². The molecule has 1 unspecified atom stereocenters. The highest BCUT2D eigenvalue weighted by Crippen LogP contribution is 2.38. The number of hydrogen-bond acceptors (Lipinski definition) is 4. The number of ether oxygens (including phenoxy) is 3. The van der Waals surface area contributed by atoms with Crippen LogP contribution in [0.3, 0.4) is 0 Å². The monoisotopic (exact) mass is 432 g/mol. The van der Waals surface area contributed by atoms with E-state index in [4.69, 9.17) is 19.3 Å². The molecule has 5 nitrogen and oxygen atoms in total. The van der Waals surface area contributed by atoms with Gasteiger partial charge in [0, 0.05) is 12.8 Å². The van der Waals surface area contributed by atoms with Crippen LogP contribution in [0.5, 0.6) is 5.75 Å². The highest BCUT2D eigenvalue weighted by Gasteiger charge is 2.37. The number of rotatable bonds is 7. The number of hydrogen-bond donors (Lipinski definition) is 1. The van der Waals surface area contributed by atoms with Crippen molar-refractivity contribution in [3.05, 3.63) is 71.3 Å². The molecular formula is C27H28O5. The number of carbonyl (C=O) groups is 1. The molecule has 1 aliphatic heterocycles. The Morgan fingerprint density at radius 1 is 1.19 bits per heavy atom. The van der Waals surface area contributed by atoms with Gasteiger partial charge in [-0.05, 0) is 53.8 Å². The van der Waals surface area contributed by atoms with Crippen LogP contribution in [-0.2, 0) is 20.9 Å².